The van der Waals surface area contributed by atoms with E-state index in [0.717, 1.165) is 35.0 Å². The summed E-state index contributed by atoms with van der Waals surface area (Å²) in [5.74, 6) is 2.75. The van der Waals surface area contributed by atoms with Crippen molar-refractivity contribution in [3.63, 3.8) is 0 Å². The van der Waals surface area contributed by atoms with Crippen LogP contribution in [0.2, 0.25) is 0 Å². The summed E-state index contributed by atoms with van der Waals surface area (Å²) < 4.78 is 13.9. The Kier molecular flexibility index (Phi) is 2.90. The SMILES string of the molecule is Cc1cccc(N2CC=C3OC3=[P+]2Oc2ccccc2)n1. The third-order valence-electron chi connectivity index (χ3n) is 3.29. The largest absolute Gasteiger partial charge is 0.487 e. The molecule has 4 nitrogen and oxygen atoms in total. The first-order chi connectivity index (χ1) is 10.3. The van der Waals surface area contributed by atoms with Crippen molar-refractivity contribution >= 4 is 19.2 Å². The van der Waals surface area contributed by atoms with E-state index in [-0.39, 0.29) is 0 Å². The maximum atomic E-state index is 6.16. The average Bonchev–Trinajstić information content (AvgIpc) is 3.29. The van der Waals surface area contributed by atoms with Crippen molar-refractivity contribution in [1.82, 2.24) is 4.98 Å². The third-order valence-corrected chi connectivity index (χ3v) is 5.14. The Morgan fingerprint density at radius 2 is 2.00 bits per heavy atom. The van der Waals surface area contributed by atoms with Gasteiger partial charge in [0.15, 0.2) is 11.6 Å². The molecule has 3 heterocycles. The van der Waals surface area contributed by atoms with Gasteiger partial charge in [-0.25, -0.2) is 4.98 Å². The highest BCUT2D eigenvalue weighted by Crippen LogP contribution is 2.47. The summed E-state index contributed by atoms with van der Waals surface area (Å²) in [6, 6.07) is 15.9. The molecule has 1 unspecified atom stereocenters. The van der Waals surface area contributed by atoms with Crippen LogP contribution in [-0.2, 0) is 4.74 Å². The van der Waals surface area contributed by atoms with Crippen LogP contribution >= 0.6 is 7.92 Å². The van der Waals surface area contributed by atoms with Crippen LogP contribution in [0.15, 0.2) is 60.4 Å². The summed E-state index contributed by atoms with van der Waals surface area (Å²) in [5.41, 5.74) is 1.95. The van der Waals surface area contributed by atoms with Crippen molar-refractivity contribution in [2.45, 2.75) is 6.92 Å². The van der Waals surface area contributed by atoms with E-state index < -0.39 is 7.92 Å². The predicted molar refractivity (Wildman–Crippen MR) is 84.5 cm³/mol. The molecule has 1 atom stereocenters. The second-order valence-electron chi connectivity index (χ2n) is 4.87. The molecule has 0 aliphatic carbocycles. The first-order valence-corrected chi connectivity index (χ1v) is 8.02. The smallest absolute Gasteiger partial charge is 0.406 e. The second kappa shape index (κ2) is 4.90. The fourth-order valence-corrected chi connectivity index (χ4v) is 3.93. The highest BCUT2D eigenvalue weighted by molar-refractivity contribution is 7.57. The molecule has 104 valence electrons. The van der Waals surface area contributed by atoms with E-state index in [4.69, 9.17) is 9.26 Å². The maximum absolute atomic E-state index is 6.16. The number of benzene rings is 1. The quantitative estimate of drug-likeness (QED) is 0.640. The zero-order chi connectivity index (χ0) is 14.2. The lowest BCUT2D eigenvalue weighted by molar-refractivity contribution is 0.605. The van der Waals surface area contributed by atoms with Crippen LogP contribution in [0.3, 0.4) is 0 Å². The van der Waals surface area contributed by atoms with Crippen molar-refractivity contribution in [3.05, 3.63) is 66.1 Å². The molecular weight excluding hydrogens is 283 g/mol. The Morgan fingerprint density at radius 3 is 2.81 bits per heavy atom. The number of hydrogen-bond acceptors (Lipinski definition) is 4. The van der Waals surface area contributed by atoms with E-state index in [0.29, 0.717) is 0 Å². The summed E-state index contributed by atoms with van der Waals surface area (Å²) in [5, 5.41) is 0. The first-order valence-electron chi connectivity index (χ1n) is 6.81. The maximum Gasteiger partial charge on any atom is 0.487 e. The molecule has 0 spiro atoms. The van der Waals surface area contributed by atoms with Crippen molar-refractivity contribution < 1.29 is 9.26 Å². The number of aryl methyl sites for hydroxylation is 1. The molecule has 21 heavy (non-hydrogen) atoms. The molecule has 0 saturated carbocycles. The molecule has 2 aromatic rings. The second-order valence-corrected chi connectivity index (χ2v) is 6.49. The highest BCUT2D eigenvalue weighted by atomic mass is 31.1. The number of hydrogen-bond donors (Lipinski definition) is 0. The lowest BCUT2D eigenvalue weighted by Crippen LogP contribution is -2.20. The summed E-state index contributed by atoms with van der Waals surface area (Å²) >= 11 is 0. The molecule has 0 amide bonds. The summed E-state index contributed by atoms with van der Waals surface area (Å²) in [7, 11) is -0.990. The molecular formula is C16H14N2O2P+. The third kappa shape index (κ3) is 2.39. The van der Waals surface area contributed by atoms with Crippen LogP contribution in [0.25, 0.3) is 0 Å². The van der Waals surface area contributed by atoms with E-state index in [1.807, 2.05) is 55.5 Å². The molecule has 1 saturated heterocycles. The number of aromatic nitrogens is 1. The number of nitrogens with zero attached hydrogens (tertiary/aromatic N) is 2. The number of fused-ring (bicyclic) bond motifs is 1. The van der Waals surface area contributed by atoms with Crippen LogP contribution in [0.1, 0.15) is 5.69 Å². The fraction of sp³-hybridized carbons (Fsp3) is 0.125. The van der Waals surface area contributed by atoms with Gasteiger partial charge in [-0.3, -0.25) is 4.52 Å². The summed E-state index contributed by atoms with van der Waals surface area (Å²) in [4.78, 5) is 4.61. The lowest BCUT2D eigenvalue weighted by Gasteiger charge is -2.13. The predicted octanol–water partition coefficient (Wildman–Crippen LogP) is 3.64. The highest BCUT2D eigenvalue weighted by Gasteiger charge is 2.51. The molecule has 0 bridgehead atoms. The van der Waals surface area contributed by atoms with Crippen molar-refractivity contribution in [2.75, 3.05) is 11.2 Å². The zero-order valence-corrected chi connectivity index (χ0v) is 12.5. The standard InChI is InChI=1S/C16H14N2O2P/c1-12-6-5-9-15(17-12)18-11-10-14-16(19-14)21(18)20-13-7-3-2-4-8-13/h2-10H,11H2,1H3/q+1. The molecule has 1 aromatic heterocycles. The van der Waals surface area contributed by atoms with Gasteiger partial charge in [0.25, 0.3) is 0 Å². The van der Waals surface area contributed by atoms with E-state index in [1.54, 1.807) is 0 Å². The van der Waals surface area contributed by atoms with E-state index in [9.17, 15) is 0 Å². The number of ether oxygens (including phenoxy) is 1. The minimum atomic E-state index is -0.990. The van der Waals surface area contributed by atoms with Gasteiger partial charge in [0.1, 0.15) is 0 Å². The molecule has 4 rings (SSSR count). The Labute approximate surface area is 124 Å². The van der Waals surface area contributed by atoms with E-state index in [1.165, 1.54) is 0 Å². The molecule has 1 aromatic carbocycles. The zero-order valence-electron chi connectivity index (χ0n) is 11.6. The average molecular weight is 297 g/mol. The number of para-hydroxylation sites is 1. The van der Waals surface area contributed by atoms with Gasteiger partial charge in [-0.1, -0.05) is 24.3 Å². The number of pyridine rings is 1. The normalized spacial score (nSPS) is 17.8. The van der Waals surface area contributed by atoms with Crippen LogP contribution < -0.4 is 9.19 Å². The van der Waals surface area contributed by atoms with Gasteiger partial charge >= 0.3 is 13.4 Å². The lowest BCUT2D eigenvalue weighted by atomic mass is 10.3. The van der Waals surface area contributed by atoms with E-state index >= 15 is 0 Å². The van der Waals surface area contributed by atoms with Gasteiger partial charge in [0.2, 0.25) is 5.76 Å². The van der Waals surface area contributed by atoms with Crippen LogP contribution in [0.4, 0.5) is 5.82 Å². The van der Waals surface area contributed by atoms with Gasteiger partial charge in [-0.2, -0.15) is 0 Å². The fourth-order valence-electron chi connectivity index (χ4n) is 2.23. The number of epoxide rings is 1. The molecule has 5 heteroatoms. The number of rotatable bonds is 3. The van der Waals surface area contributed by atoms with Gasteiger partial charge in [-0.05, 0) is 37.3 Å². The number of anilines is 1. The molecule has 0 N–H and O–H groups in total. The van der Waals surface area contributed by atoms with Crippen molar-refractivity contribution in [2.24, 2.45) is 0 Å². The van der Waals surface area contributed by atoms with Gasteiger partial charge in [-0.15, -0.1) is 4.67 Å². The molecule has 1 fully saturated rings. The minimum Gasteiger partial charge on any atom is -0.406 e. The Balaban J connectivity index is 1.70. The van der Waals surface area contributed by atoms with Gasteiger partial charge in [0.05, 0.1) is 6.54 Å². The van der Waals surface area contributed by atoms with Crippen LogP contribution in [-0.4, -0.2) is 17.0 Å². The van der Waals surface area contributed by atoms with Gasteiger partial charge in [0, 0.05) is 5.69 Å². The monoisotopic (exact) mass is 297 g/mol. The minimum absolute atomic E-state index is 0.758. The summed E-state index contributed by atoms with van der Waals surface area (Å²) in [6.45, 7) is 2.75. The van der Waals surface area contributed by atoms with E-state index in [2.05, 4.69) is 15.7 Å². The van der Waals surface area contributed by atoms with Crippen molar-refractivity contribution in [3.8, 4) is 5.75 Å². The topological polar surface area (TPSA) is 37.9 Å². The summed E-state index contributed by atoms with van der Waals surface area (Å²) in [6.07, 6.45) is 2.08. The Morgan fingerprint density at radius 1 is 1.14 bits per heavy atom. The Bertz CT molecular complexity index is 756. The van der Waals surface area contributed by atoms with Gasteiger partial charge < -0.3 is 4.74 Å². The van der Waals surface area contributed by atoms with Crippen LogP contribution in [0, 0.1) is 6.92 Å². The molecule has 0 radical (unpaired) electrons. The van der Waals surface area contributed by atoms with Crippen molar-refractivity contribution in [1.29, 1.82) is 0 Å². The Hall–Kier alpha value is -2.32. The van der Waals surface area contributed by atoms with Crippen LogP contribution in [0.5, 0.6) is 5.75 Å². The first kappa shape index (κ1) is 12.4. The molecule has 2 aliphatic heterocycles. The molecule has 2 aliphatic rings.